The third-order valence-electron chi connectivity index (χ3n) is 4.25. The van der Waals surface area contributed by atoms with Crippen molar-refractivity contribution in [1.82, 2.24) is 4.90 Å². The van der Waals surface area contributed by atoms with Crippen molar-refractivity contribution in [3.8, 4) is 11.5 Å². The molecule has 0 saturated carbocycles. The topological polar surface area (TPSA) is 65.1 Å². The van der Waals surface area contributed by atoms with Gasteiger partial charge in [0.1, 0.15) is 11.5 Å². The maximum Gasteiger partial charge on any atom is 0.415 e. The molecule has 6 nitrogen and oxygen atoms in total. The molecule has 1 amide bonds. The minimum Gasteiger partial charge on any atom is -0.493 e. The number of carbonyl (C=O) groups excluding carboxylic acids is 2. The van der Waals surface area contributed by atoms with Crippen LogP contribution in [0.4, 0.5) is 4.79 Å². The van der Waals surface area contributed by atoms with Gasteiger partial charge < -0.3 is 19.1 Å². The fourth-order valence-corrected chi connectivity index (χ4v) is 2.77. The van der Waals surface area contributed by atoms with Crippen molar-refractivity contribution in [3.05, 3.63) is 65.7 Å². The normalized spacial score (nSPS) is 14.1. The van der Waals surface area contributed by atoms with Crippen molar-refractivity contribution >= 4 is 18.0 Å². The lowest BCUT2D eigenvalue weighted by Crippen LogP contribution is -2.42. The molecule has 0 atom stereocenters. The highest BCUT2D eigenvalue weighted by Gasteiger charge is 2.18. The van der Waals surface area contributed by atoms with Gasteiger partial charge in [-0.15, -0.1) is 0 Å². The molecule has 3 rings (SSSR count). The highest BCUT2D eigenvalue weighted by molar-refractivity contribution is 6.07. The first-order valence-corrected chi connectivity index (χ1v) is 9.26. The Morgan fingerprint density at radius 3 is 2.50 bits per heavy atom. The summed E-state index contributed by atoms with van der Waals surface area (Å²) in [6, 6.07) is 14.1. The van der Waals surface area contributed by atoms with E-state index in [1.165, 1.54) is 6.08 Å². The molecule has 2 aromatic carbocycles. The van der Waals surface area contributed by atoms with Crippen molar-refractivity contribution in [3.63, 3.8) is 0 Å². The Bertz CT molecular complexity index is 838. The Kier molecular flexibility index (Phi) is 6.81. The molecule has 1 fully saturated rings. The predicted molar refractivity (Wildman–Crippen MR) is 106 cm³/mol. The van der Waals surface area contributed by atoms with Crippen LogP contribution >= 0.6 is 0 Å². The lowest BCUT2D eigenvalue weighted by Gasteiger charge is -2.25. The van der Waals surface area contributed by atoms with E-state index in [2.05, 4.69) is 0 Å². The third-order valence-corrected chi connectivity index (χ3v) is 4.25. The van der Waals surface area contributed by atoms with Crippen molar-refractivity contribution in [2.45, 2.75) is 6.92 Å². The van der Waals surface area contributed by atoms with Crippen LogP contribution in [0.25, 0.3) is 6.08 Å². The lowest BCUT2D eigenvalue weighted by molar-refractivity contribution is 0.0416. The van der Waals surface area contributed by atoms with Gasteiger partial charge in [0.15, 0.2) is 5.78 Å². The van der Waals surface area contributed by atoms with Gasteiger partial charge >= 0.3 is 6.09 Å². The molecular formula is C22H23NO5. The molecule has 1 saturated heterocycles. The molecule has 0 aliphatic carbocycles. The Labute approximate surface area is 164 Å². The summed E-state index contributed by atoms with van der Waals surface area (Å²) in [5.74, 6) is 0.996. The summed E-state index contributed by atoms with van der Waals surface area (Å²) >= 11 is 0. The zero-order valence-electron chi connectivity index (χ0n) is 15.8. The average molecular weight is 381 g/mol. The van der Waals surface area contributed by atoms with Crippen molar-refractivity contribution in [2.24, 2.45) is 0 Å². The van der Waals surface area contributed by atoms with Crippen molar-refractivity contribution in [1.29, 1.82) is 0 Å². The van der Waals surface area contributed by atoms with E-state index >= 15 is 0 Å². The number of morpholine rings is 1. The molecule has 0 spiro atoms. The van der Waals surface area contributed by atoms with E-state index in [1.54, 1.807) is 35.2 Å². The standard InChI is InChI=1S/C22H23NO5/c1-2-27-21-6-4-3-5-18(21)9-12-20(24)17-7-10-19(11-8-17)28-22(25)23-13-15-26-16-14-23/h3-12H,2,13-16H2,1H3/b12-9+. The van der Waals surface area contributed by atoms with Crippen molar-refractivity contribution in [2.75, 3.05) is 32.9 Å². The Hall–Kier alpha value is -3.12. The van der Waals surface area contributed by atoms with Crippen molar-refractivity contribution < 1.29 is 23.8 Å². The van der Waals surface area contributed by atoms with E-state index in [0.29, 0.717) is 44.2 Å². The minimum atomic E-state index is -0.408. The average Bonchev–Trinajstić information content (AvgIpc) is 2.74. The van der Waals surface area contributed by atoms with Gasteiger partial charge in [0.05, 0.1) is 19.8 Å². The molecular weight excluding hydrogens is 358 g/mol. The van der Waals surface area contributed by atoms with E-state index in [0.717, 1.165) is 11.3 Å². The summed E-state index contributed by atoms with van der Waals surface area (Å²) < 4.78 is 16.1. The zero-order chi connectivity index (χ0) is 19.8. The molecule has 1 aliphatic heterocycles. The van der Waals surface area contributed by atoms with Gasteiger partial charge in [-0.3, -0.25) is 4.79 Å². The third kappa shape index (κ3) is 5.20. The molecule has 0 aromatic heterocycles. The number of carbonyl (C=O) groups is 2. The number of hydrogen-bond acceptors (Lipinski definition) is 5. The second-order valence-corrected chi connectivity index (χ2v) is 6.16. The molecule has 1 heterocycles. The van der Waals surface area contributed by atoms with E-state index in [1.807, 2.05) is 31.2 Å². The fourth-order valence-electron chi connectivity index (χ4n) is 2.77. The quantitative estimate of drug-likeness (QED) is 0.562. The number of rotatable bonds is 6. The maximum absolute atomic E-state index is 12.4. The molecule has 28 heavy (non-hydrogen) atoms. The summed E-state index contributed by atoms with van der Waals surface area (Å²) in [6.07, 6.45) is 2.83. The molecule has 1 aliphatic rings. The second-order valence-electron chi connectivity index (χ2n) is 6.16. The number of ether oxygens (including phenoxy) is 3. The van der Waals surface area contributed by atoms with Crippen LogP contribution in [0.3, 0.4) is 0 Å². The van der Waals surface area contributed by atoms with E-state index in [4.69, 9.17) is 14.2 Å². The highest BCUT2D eigenvalue weighted by atomic mass is 16.6. The lowest BCUT2D eigenvalue weighted by atomic mass is 10.1. The molecule has 0 N–H and O–H groups in total. The van der Waals surface area contributed by atoms with Crippen LogP contribution in [0.15, 0.2) is 54.6 Å². The fraction of sp³-hybridized carbons (Fsp3) is 0.273. The summed E-state index contributed by atoms with van der Waals surface area (Å²) in [5.41, 5.74) is 1.35. The molecule has 6 heteroatoms. The van der Waals surface area contributed by atoms with Gasteiger partial charge in [-0.05, 0) is 49.4 Å². The molecule has 2 aromatic rings. The largest absolute Gasteiger partial charge is 0.493 e. The second kappa shape index (κ2) is 9.71. The number of para-hydroxylation sites is 1. The van der Waals surface area contributed by atoms with Crippen LogP contribution in [0.1, 0.15) is 22.8 Å². The number of allylic oxidation sites excluding steroid dienone is 1. The van der Waals surface area contributed by atoms with Gasteiger partial charge in [-0.25, -0.2) is 4.79 Å². The summed E-state index contributed by atoms with van der Waals surface area (Å²) in [5, 5.41) is 0. The van der Waals surface area contributed by atoms with E-state index < -0.39 is 6.09 Å². The monoisotopic (exact) mass is 381 g/mol. The first kappa shape index (κ1) is 19.6. The smallest absolute Gasteiger partial charge is 0.415 e. The van der Waals surface area contributed by atoms with Crippen LogP contribution in [0, 0.1) is 0 Å². The number of hydrogen-bond donors (Lipinski definition) is 0. The van der Waals surface area contributed by atoms with Crippen LogP contribution in [0.2, 0.25) is 0 Å². The first-order valence-electron chi connectivity index (χ1n) is 9.26. The number of ketones is 1. The number of nitrogens with zero attached hydrogens (tertiary/aromatic N) is 1. The maximum atomic E-state index is 12.4. The molecule has 0 bridgehead atoms. The van der Waals surface area contributed by atoms with Crippen LogP contribution < -0.4 is 9.47 Å². The number of benzene rings is 2. The Morgan fingerprint density at radius 1 is 1.07 bits per heavy atom. The Balaban J connectivity index is 1.61. The van der Waals surface area contributed by atoms with Crippen LogP contribution in [-0.2, 0) is 4.74 Å². The Morgan fingerprint density at radius 2 is 1.79 bits per heavy atom. The molecule has 0 unspecified atom stereocenters. The highest BCUT2D eigenvalue weighted by Crippen LogP contribution is 2.20. The van der Waals surface area contributed by atoms with Gasteiger partial charge in [-0.1, -0.05) is 18.2 Å². The van der Waals surface area contributed by atoms with Crippen LogP contribution in [0.5, 0.6) is 11.5 Å². The predicted octanol–water partition coefficient (Wildman–Crippen LogP) is 3.81. The first-order chi connectivity index (χ1) is 13.7. The SMILES string of the molecule is CCOc1ccccc1/C=C/C(=O)c1ccc(OC(=O)N2CCOCC2)cc1. The minimum absolute atomic E-state index is 0.141. The summed E-state index contributed by atoms with van der Waals surface area (Å²) in [4.78, 5) is 26.1. The van der Waals surface area contributed by atoms with E-state index in [-0.39, 0.29) is 5.78 Å². The van der Waals surface area contributed by atoms with Gasteiger partial charge in [0.25, 0.3) is 0 Å². The van der Waals surface area contributed by atoms with E-state index in [9.17, 15) is 9.59 Å². The zero-order valence-corrected chi connectivity index (χ0v) is 15.8. The van der Waals surface area contributed by atoms with Crippen LogP contribution in [-0.4, -0.2) is 49.7 Å². The summed E-state index contributed by atoms with van der Waals surface area (Å²) in [7, 11) is 0. The number of amides is 1. The summed E-state index contributed by atoms with van der Waals surface area (Å²) in [6.45, 7) is 4.54. The van der Waals surface area contributed by atoms with Gasteiger partial charge in [0.2, 0.25) is 0 Å². The van der Waals surface area contributed by atoms with Gasteiger partial charge in [0, 0.05) is 24.2 Å². The van der Waals surface area contributed by atoms with Gasteiger partial charge in [-0.2, -0.15) is 0 Å². The molecule has 0 radical (unpaired) electrons. The molecule has 146 valence electrons.